The summed E-state index contributed by atoms with van der Waals surface area (Å²) in [5, 5.41) is 34.9. The van der Waals surface area contributed by atoms with Gasteiger partial charge >= 0.3 is 5.97 Å². The van der Waals surface area contributed by atoms with Crippen LogP contribution in [0.15, 0.2) is 24.3 Å². The summed E-state index contributed by atoms with van der Waals surface area (Å²) in [6.07, 6.45) is -1.03. The van der Waals surface area contributed by atoms with Crippen LogP contribution in [0.2, 0.25) is 0 Å². The van der Waals surface area contributed by atoms with E-state index >= 15 is 0 Å². The zero-order chi connectivity index (χ0) is 14.7. The molecule has 0 bridgehead atoms. The highest BCUT2D eigenvalue weighted by Gasteiger charge is 2.21. The fourth-order valence-corrected chi connectivity index (χ4v) is 1.92. The van der Waals surface area contributed by atoms with Crippen LogP contribution in [0.25, 0.3) is 11.3 Å². The van der Waals surface area contributed by atoms with E-state index in [0.29, 0.717) is 11.3 Å². The average Bonchev–Trinajstić information content (AvgIpc) is 2.82. The number of aryl methyl sites for hydroxylation is 1. The molecule has 1 heterocycles. The predicted octanol–water partition coefficient (Wildman–Crippen LogP) is 0.305. The maximum atomic E-state index is 11.2. The second-order valence-electron chi connectivity index (χ2n) is 4.48. The van der Waals surface area contributed by atoms with Crippen molar-refractivity contribution in [1.82, 2.24) is 15.0 Å². The van der Waals surface area contributed by atoms with Crippen molar-refractivity contribution in [3.8, 4) is 11.3 Å². The average molecular weight is 277 g/mol. The van der Waals surface area contributed by atoms with Crippen molar-refractivity contribution in [2.24, 2.45) is 0 Å². The van der Waals surface area contributed by atoms with Crippen LogP contribution in [0.5, 0.6) is 0 Å². The van der Waals surface area contributed by atoms with Crippen LogP contribution in [0, 0.1) is 6.92 Å². The molecule has 20 heavy (non-hydrogen) atoms. The number of aliphatic hydroxyl groups excluding tert-OH is 2. The third kappa shape index (κ3) is 2.84. The van der Waals surface area contributed by atoms with Gasteiger partial charge in [-0.25, -0.2) is 9.48 Å². The quantitative estimate of drug-likeness (QED) is 0.725. The van der Waals surface area contributed by atoms with Crippen LogP contribution < -0.4 is 0 Å². The van der Waals surface area contributed by atoms with E-state index < -0.39 is 18.7 Å². The maximum Gasteiger partial charge on any atom is 0.358 e. The lowest BCUT2D eigenvalue weighted by Crippen LogP contribution is -2.21. The Labute approximate surface area is 115 Å². The second-order valence-corrected chi connectivity index (χ2v) is 4.48. The van der Waals surface area contributed by atoms with Crippen molar-refractivity contribution in [3.05, 3.63) is 35.5 Å². The first-order valence-electron chi connectivity index (χ1n) is 6.05. The normalized spacial score (nSPS) is 12.3. The summed E-state index contributed by atoms with van der Waals surface area (Å²) in [6, 6.07) is 7.25. The lowest BCUT2D eigenvalue weighted by atomic mass is 10.1. The smallest absolute Gasteiger partial charge is 0.358 e. The van der Waals surface area contributed by atoms with Gasteiger partial charge in [-0.2, -0.15) is 0 Å². The van der Waals surface area contributed by atoms with Crippen LogP contribution in [-0.4, -0.2) is 49.0 Å². The first-order chi connectivity index (χ1) is 9.52. The van der Waals surface area contributed by atoms with Gasteiger partial charge in [0.2, 0.25) is 0 Å². The van der Waals surface area contributed by atoms with Crippen molar-refractivity contribution in [2.75, 3.05) is 6.61 Å². The third-order valence-electron chi connectivity index (χ3n) is 2.82. The van der Waals surface area contributed by atoms with E-state index in [1.165, 1.54) is 4.68 Å². The molecule has 7 heteroatoms. The molecule has 0 saturated heterocycles. The van der Waals surface area contributed by atoms with E-state index in [9.17, 15) is 15.0 Å². The number of hydrogen-bond acceptors (Lipinski definition) is 5. The Morgan fingerprint density at radius 3 is 2.80 bits per heavy atom. The molecule has 0 amide bonds. The summed E-state index contributed by atoms with van der Waals surface area (Å²) in [6.45, 7) is 1.43. The monoisotopic (exact) mass is 277 g/mol. The molecule has 0 radical (unpaired) electrons. The van der Waals surface area contributed by atoms with Gasteiger partial charge in [0.05, 0.1) is 19.3 Å². The second kappa shape index (κ2) is 5.81. The highest BCUT2D eigenvalue weighted by molar-refractivity contribution is 5.92. The van der Waals surface area contributed by atoms with Crippen molar-refractivity contribution in [2.45, 2.75) is 19.6 Å². The van der Waals surface area contributed by atoms with Crippen LogP contribution in [0.1, 0.15) is 16.1 Å². The number of nitrogens with zero attached hydrogens (tertiary/aromatic N) is 3. The molecule has 1 atom stereocenters. The molecule has 0 saturated carbocycles. The highest BCUT2D eigenvalue weighted by Crippen LogP contribution is 2.23. The van der Waals surface area contributed by atoms with Crippen LogP contribution in [0.3, 0.4) is 0 Å². The Bertz CT molecular complexity index is 624. The Morgan fingerprint density at radius 2 is 2.20 bits per heavy atom. The topological polar surface area (TPSA) is 108 Å². The molecule has 2 rings (SSSR count). The molecule has 7 nitrogen and oxygen atoms in total. The van der Waals surface area contributed by atoms with Crippen LogP contribution in [0.4, 0.5) is 0 Å². The minimum Gasteiger partial charge on any atom is -0.476 e. The van der Waals surface area contributed by atoms with Crippen molar-refractivity contribution < 1.29 is 20.1 Å². The van der Waals surface area contributed by atoms with Gasteiger partial charge in [0.1, 0.15) is 5.69 Å². The SMILES string of the molecule is Cc1cccc(-c2c(C(=O)O)nnn2CC(O)CO)c1. The Morgan fingerprint density at radius 1 is 1.45 bits per heavy atom. The number of rotatable bonds is 5. The molecule has 1 aromatic heterocycles. The molecule has 0 aliphatic carbocycles. The lowest BCUT2D eigenvalue weighted by Gasteiger charge is -2.10. The number of hydrogen-bond donors (Lipinski definition) is 3. The summed E-state index contributed by atoms with van der Waals surface area (Å²) in [5.41, 5.74) is 1.75. The highest BCUT2D eigenvalue weighted by atomic mass is 16.4. The lowest BCUT2D eigenvalue weighted by molar-refractivity contribution is 0.0690. The molecule has 106 valence electrons. The minimum atomic E-state index is -1.19. The van der Waals surface area contributed by atoms with Crippen molar-refractivity contribution >= 4 is 5.97 Å². The number of benzene rings is 1. The zero-order valence-corrected chi connectivity index (χ0v) is 10.9. The van der Waals surface area contributed by atoms with Gasteiger partial charge in [0.25, 0.3) is 0 Å². The first-order valence-corrected chi connectivity index (χ1v) is 6.05. The summed E-state index contributed by atoms with van der Waals surface area (Å²) in [4.78, 5) is 11.2. The number of aromatic nitrogens is 3. The fraction of sp³-hybridized carbons (Fsp3) is 0.308. The molecule has 1 aromatic carbocycles. The van der Waals surface area contributed by atoms with E-state index in [1.54, 1.807) is 12.1 Å². The van der Waals surface area contributed by atoms with Crippen LogP contribution in [-0.2, 0) is 6.54 Å². The van der Waals surface area contributed by atoms with Gasteiger partial charge in [-0.05, 0) is 13.0 Å². The number of carboxylic acid groups (broad SMARTS) is 1. The summed E-state index contributed by atoms with van der Waals surface area (Å²) >= 11 is 0. The number of aromatic carboxylic acids is 1. The van der Waals surface area contributed by atoms with Gasteiger partial charge in [0.15, 0.2) is 5.69 Å². The predicted molar refractivity (Wildman–Crippen MR) is 70.2 cm³/mol. The molecule has 0 aliphatic rings. The van der Waals surface area contributed by atoms with E-state index in [-0.39, 0.29) is 12.2 Å². The molecular weight excluding hydrogens is 262 g/mol. The van der Waals surface area contributed by atoms with Crippen LogP contribution >= 0.6 is 0 Å². The van der Waals surface area contributed by atoms with E-state index in [0.717, 1.165) is 5.56 Å². The number of carbonyl (C=O) groups is 1. The third-order valence-corrected chi connectivity index (χ3v) is 2.82. The molecule has 2 aromatic rings. The van der Waals surface area contributed by atoms with Crippen molar-refractivity contribution in [1.29, 1.82) is 0 Å². The van der Waals surface area contributed by atoms with Gasteiger partial charge in [-0.3, -0.25) is 0 Å². The van der Waals surface area contributed by atoms with E-state index in [1.807, 2.05) is 19.1 Å². The molecule has 1 unspecified atom stereocenters. The maximum absolute atomic E-state index is 11.2. The molecular formula is C13H15N3O4. The molecule has 0 aliphatic heterocycles. The number of aliphatic hydroxyl groups is 2. The largest absolute Gasteiger partial charge is 0.476 e. The van der Waals surface area contributed by atoms with Gasteiger partial charge in [-0.15, -0.1) is 5.10 Å². The number of carboxylic acids is 1. The van der Waals surface area contributed by atoms with Gasteiger partial charge in [0, 0.05) is 5.56 Å². The summed E-state index contributed by atoms with van der Waals surface area (Å²) in [7, 11) is 0. The Kier molecular flexibility index (Phi) is 4.11. The molecule has 0 fully saturated rings. The zero-order valence-electron chi connectivity index (χ0n) is 10.9. The Balaban J connectivity index is 2.52. The fourth-order valence-electron chi connectivity index (χ4n) is 1.92. The van der Waals surface area contributed by atoms with Gasteiger partial charge in [-0.1, -0.05) is 29.0 Å². The molecule has 3 N–H and O–H groups in total. The Hall–Kier alpha value is -2.25. The van der Waals surface area contributed by atoms with Gasteiger partial charge < -0.3 is 15.3 Å². The van der Waals surface area contributed by atoms with E-state index in [2.05, 4.69) is 10.3 Å². The summed E-state index contributed by atoms with van der Waals surface area (Å²) in [5.74, 6) is -1.19. The standard InChI is InChI=1S/C13H15N3O4/c1-8-3-2-4-9(5-8)12-11(13(19)20)14-15-16(12)6-10(18)7-17/h2-5,10,17-18H,6-7H2,1H3,(H,19,20). The minimum absolute atomic E-state index is 0.0277. The van der Waals surface area contributed by atoms with Crippen molar-refractivity contribution in [3.63, 3.8) is 0 Å². The first kappa shape index (κ1) is 14.2. The molecule has 0 spiro atoms. The van der Waals surface area contributed by atoms with E-state index in [4.69, 9.17) is 5.11 Å². The summed E-state index contributed by atoms with van der Waals surface area (Å²) < 4.78 is 1.29.